The Labute approximate surface area is 79.4 Å². The van der Waals surface area contributed by atoms with Gasteiger partial charge in [-0.2, -0.15) is 0 Å². The first-order chi connectivity index (χ1) is 6.25. The van der Waals surface area contributed by atoms with Gasteiger partial charge < -0.3 is 0 Å². The van der Waals surface area contributed by atoms with E-state index in [1.165, 1.54) is 18.5 Å². The molecule has 0 aromatic carbocycles. The molecule has 0 saturated heterocycles. The van der Waals surface area contributed by atoms with Gasteiger partial charge in [0, 0.05) is 18.3 Å². The molecule has 0 atom stereocenters. The van der Waals surface area contributed by atoms with E-state index in [4.69, 9.17) is 0 Å². The minimum absolute atomic E-state index is 0.515. The van der Waals surface area contributed by atoms with Gasteiger partial charge in [-0.3, -0.25) is 0 Å². The maximum atomic E-state index is 4.54. The summed E-state index contributed by atoms with van der Waals surface area (Å²) in [5.41, 5.74) is 1.17. The van der Waals surface area contributed by atoms with Gasteiger partial charge in [-0.1, -0.05) is 13.8 Å². The van der Waals surface area contributed by atoms with Crippen LogP contribution in [-0.2, 0) is 6.42 Å². The predicted octanol–water partition coefficient (Wildman–Crippen LogP) is 2.55. The SMILES string of the molecule is CC(C)c1ccnc(CC2CC2)n1. The lowest BCUT2D eigenvalue weighted by atomic mass is 10.1. The van der Waals surface area contributed by atoms with Crippen LogP contribution in [0.2, 0.25) is 0 Å². The second kappa shape index (κ2) is 3.44. The van der Waals surface area contributed by atoms with Gasteiger partial charge in [0.05, 0.1) is 0 Å². The molecule has 0 spiro atoms. The number of rotatable bonds is 3. The Balaban J connectivity index is 2.11. The zero-order valence-electron chi connectivity index (χ0n) is 8.33. The van der Waals surface area contributed by atoms with Crippen molar-refractivity contribution in [3.63, 3.8) is 0 Å². The Morgan fingerprint density at radius 3 is 2.85 bits per heavy atom. The summed E-state index contributed by atoms with van der Waals surface area (Å²) in [4.78, 5) is 8.83. The molecule has 1 fully saturated rings. The topological polar surface area (TPSA) is 25.8 Å². The summed E-state index contributed by atoms with van der Waals surface area (Å²) in [5, 5.41) is 0. The first kappa shape index (κ1) is 8.67. The molecule has 0 unspecified atom stereocenters. The quantitative estimate of drug-likeness (QED) is 0.707. The van der Waals surface area contributed by atoms with Crippen molar-refractivity contribution in [1.29, 1.82) is 0 Å². The van der Waals surface area contributed by atoms with Crippen LogP contribution >= 0.6 is 0 Å². The fourth-order valence-corrected chi connectivity index (χ4v) is 1.41. The average molecular weight is 176 g/mol. The molecule has 2 rings (SSSR count). The summed E-state index contributed by atoms with van der Waals surface area (Å²) in [6, 6.07) is 2.01. The second-order valence-corrected chi connectivity index (χ2v) is 4.20. The van der Waals surface area contributed by atoms with E-state index < -0.39 is 0 Å². The normalized spacial score (nSPS) is 16.5. The molecule has 1 heterocycles. The van der Waals surface area contributed by atoms with Crippen LogP contribution in [0.1, 0.15) is 44.1 Å². The molecule has 1 aliphatic carbocycles. The third-order valence-corrected chi connectivity index (χ3v) is 2.49. The fraction of sp³-hybridized carbons (Fsp3) is 0.636. The minimum atomic E-state index is 0.515. The Kier molecular flexibility index (Phi) is 2.30. The average Bonchev–Trinajstić information content (AvgIpc) is 2.89. The molecule has 0 amide bonds. The third-order valence-electron chi connectivity index (χ3n) is 2.49. The van der Waals surface area contributed by atoms with Crippen molar-refractivity contribution in [2.45, 2.75) is 39.0 Å². The highest BCUT2D eigenvalue weighted by molar-refractivity contribution is 5.07. The molecule has 2 heteroatoms. The lowest BCUT2D eigenvalue weighted by Crippen LogP contribution is -2.01. The molecule has 70 valence electrons. The van der Waals surface area contributed by atoms with Gasteiger partial charge in [0.25, 0.3) is 0 Å². The summed E-state index contributed by atoms with van der Waals surface area (Å²) >= 11 is 0. The minimum Gasteiger partial charge on any atom is -0.241 e. The van der Waals surface area contributed by atoms with Crippen LogP contribution in [-0.4, -0.2) is 9.97 Å². The third kappa shape index (κ3) is 2.27. The van der Waals surface area contributed by atoms with Gasteiger partial charge in [0.2, 0.25) is 0 Å². The number of nitrogens with zero attached hydrogens (tertiary/aromatic N) is 2. The monoisotopic (exact) mass is 176 g/mol. The summed E-state index contributed by atoms with van der Waals surface area (Å²) in [6.07, 6.45) is 5.71. The summed E-state index contributed by atoms with van der Waals surface area (Å²) in [6.45, 7) is 4.34. The maximum Gasteiger partial charge on any atom is 0.128 e. The van der Waals surface area contributed by atoms with Crippen molar-refractivity contribution in [1.82, 2.24) is 9.97 Å². The highest BCUT2D eigenvalue weighted by Gasteiger charge is 2.22. The largest absolute Gasteiger partial charge is 0.241 e. The molecule has 13 heavy (non-hydrogen) atoms. The Hall–Kier alpha value is -0.920. The van der Waals surface area contributed by atoms with Crippen LogP contribution in [0.15, 0.2) is 12.3 Å². The predicted molar refractivity (Wildman–Crippen MR) is 52.5 cm³/mol. The van der Waals surface area contributed by atoms with Gasteiger partial charge in [-0.05, 0) is 30.7 Å². The number of hydrogen-bond donors (Lipinski definition) is 0. The van der Waals surface area contributed by atoms with E-state index in [1.807, 2.05) is 12.3 Å². The second-order valence-electron chi connectivity index (χ2n) is 4.20. The Morgan fingerprint density at radius 1 is 1.46 bits per heavy atom. The van der Waals surface area contributed by atoms with Crippen molar-refractivity contribution in [3.05, 3.63) is 23.8 Å². The lowest BCUT2D eigenvalue weighted by Gasteiger charge is -2.05. The van der Waals surface area contributed by atoms with Gasteiger partial charge in [-0.15, -0.1) is 0 Å². The van der Waals surface area contributed by atoms with Gasteiger partial charge >= 0.3 is 0 Å². The zero-order valence-corrected chi connectivity index (χ0v) is 8.33. The lowest BCUT2D eigenvalue weighted by molar-refractivity contribution is 0.732. The maximum absolute atomic E-state index is 4.54. The van der Waals surface area contributed by atoms with E-state index in [0.29, 0.717) is 5.92 Å². The molecule has 1 aromatic rings. The molecule has 0 bridgehead atoms. The van der Waals surface area contributed by atoms with E-state index in [2.05, 4.69) is 23.8 Å². The van der Waals surface area contributed by atoms with Crippen LogP contribution in [0.4, 0.5) is 0 Å². The number of hydrogen-bond acceptors (Lipinski definition) is 2. The summed E-state index contributed by atoms with van der Waals surface area (Å²) in [5.74, 6) is 2.43. The van der Waals surface area contributed by atoms with Crippen molar-refractivity contribution in [2.75, 3.05) is 0 Å². The van der Waals surface area contributed by atoms with Crippen molar-refractivity contribution >= 4 is 0 Å². The van der Waals surface area contributed by atoms with E-state index >= 15 is 0 Å². The van der Waals surface area contributed by atoms with E-state index in [-0.39, 0.29) is 0 Å². The van der Waals surface area contributed by atoms with Crippen LogP contribution in [0.3, 0.4) is 0 Å². The molecule has 0 aliphatic heterocycles. The highest BCUT2D eigenvalue weighted by atomic mass is 14.9. The smallest absolute Gasteiger partial charge is 0.128 e. The van der Waals surface area contributed by atoms with Crippen LogP contribution in [0.25, 0.3) is 0 Å². The van der Waals surface area contributed by atoms with Gasteiger partial charge in [-0.25, -0.2) is 9.97 Å². The zero-order chi connectivity index (χ0) is 9.26. The first-order valence-electron chi connectivity index (χ1n) is 5.07. The van der Waals surface area contributed by atoms with E-state index in [9.17, 15) is 0 Å². The molecular formula is C11H16N2. The molecule has 1 aliphatic rings. The number of aromatic nitrogens is 2. The standard InChI is InChI=1S/C11H16N2/c1-8(2)10-5-6-12-11(13-10)7-9-3-4-9/h5-6,8-9H,3-4,7H2,1-2H3. The van der Waals surface area contributed by atoms with Crippen molar-refractivity contribution in [3.8, 4) is 0 Å². The Morgan fingerprint density at radius 2 is 2.23 bits per heavy atom. The van der Waals surface area contributed by atoms with Gasteiger partial charge in [0.1, 0.15) is 5.82 Å². The summed E-state index contributed by atoms with van der Waals surface area (Å²) in [7, 11) is 0. The molecular weight excluding hydrogens is 160 g/mol. The van der Waals surface area contributed by atoms with Crippen LogP contribution < -0.4 is 0 Å². The van der Waals surface area contributed by atoms with Crippen molar-refractivity contribution in [2.24, 2.45) is 5.92 Å². The molecule has 1 aromatic heterocycles. The molecule has 0 N–H and O–H groups in total. The fourth-order valence-electron chi connectivity index (χ4n) is 1.41. The van der Waals surface area contributed by atoms with Gasteiger partial charge in [0.15, 0.2) is 0 Å². The first-order valence-corrected chi connectivity index (χ1v) is 5.07. The summed E-state index contributed by atoms with van der Waals surface area (Å²) < 4.78 is 0. The molecule has 2 nitrogen and oxygen atoms in total. The van der Waals surface area contributed by atoms with E-state index in [1.54, 1.807) is 0 Å². The molecule has 1 saturated carbocycles. The highest BCUT2D eigenvalue weighted by Crippen LogP contribution is 2.31. The van der Waals surface area contributed by atoms with Crippen LogP contribution in [0, 0.1) is 5.92 Å². The Bertz CT molecular complexity index is 290. The van der Waals surface area contributed by atoms with Crippen molar-refractivity contribution < 1.29 is 0 Å². The molecule has 0 radical (unpaired) electrons. The van der Waals surface area contributed by atoms with E-state index in [0.717, 1.165) is 18.2 Å². The van der Waals surface area contributed by atoms with Crippen LogP contribution in [0.5, 0.6) is 0 Å².